The Balaban J connectivity index is 1.72. The highest BCUT2D eigenvalue weighted by molar-refractivity contribution is 5.76. The molecule has 2 rings (SSSR count). The van der Waals surface area contributed by atoms with Crippen LogP contribution < -0.4 is 5.32 Å². The van der Waals surface area contributed by atoms with Crippen molar-refractivity contribution in [1.82, 2.24) is 5.32 Å². The maximum Gasteiger partial charge on any atom is 0.220 e. The average Bonchev–Trinajstić information content (AvgIpc) is 3.42. The first-order valence-electron chi connectivity index (χ1n) is 31.6. The molecule has 0 radical (unpaired) electrons. The van der Waals surface area contributed by atoms with E-state index in [4.69, 9.17) is 18.9 Å². The summed E-state index contributed by atoms with van der Waals surface area (Å²) in [6.07, 6.45) is 40.3. The Bertz CT molecular complexity index is 1370. The van der Waals surface area contributed by atoms with E-state index in [1.54, 1.807) is 0 Å². The molecule has 0 spiro atoms. The molecule has 76 heavy (non-hydrogen) atoms. The van der Waals surface area contributed by atoms with E-state index in [0.717, 1.165) is 57.8 Å². The average molecular weight is 1080 g/mol. The number of aliphatic hydroxyl groups is 8. The Hall–Kier alpha value is -1.53. The van der Waals surface area contributed by atoms with Crippen molar-refractivity contribution in [3.8, 4) is 0 Å². The van der Waals surface area contributed by atoms with E-state index < -0.39 is 86.8 Å². The molecular weight excluding hydrogens is 967 g/mol. The molecule has 2 heterocycles. The lowest BCUT2D eigenvalue weighted by atomic mass is 9.97. The number of nitrogens with one attached hydrogen (secondary N) is 1. The third kappa shape index (κ3) is 33.3. The lowest BCUT2D eigenvalue weighted by Gasteiger charge is -2.46. The first-order valence-corrected chi connectivity index (χ1v) is 31.6. The third-order valence-electron chi connectivity index (χ3n) is 15.7. The van der Waals surface area contributed by atoms with Gasteiger partial charge in [0, 0.05) is 6.42 Å². The number of carbonyl (C=O) groups excluding carboxylic acids is 1. The highest BCUT2D eigenvalue weighted by Crippen LogP contribution is 2.30. The number of hydrogen-bond donors (Lipinski definition) is 9. The maximum absolute atomic E-state index is 13.3. The van der Waals surface area contributed by atoms with Crippen LogP contribution in [0.3, 0.4) is 0 Å². The van der Waals surface area contributed by atoms with Crippen LogP contribution in [0.4, 0.5) is 0 Å². The summed E-state index contributed by atoms with van der Waals surface area (Å²) in [5, 5.41) is 87.4. The molecule has 14 heteroatoms. The lowest BCUT2D eigenvalue weighted by molar-refractivity contribution is -0.359. The van der Waals surface area contributed by atoms with Crippen molar-refractivity contribution in [2.75, 3.05) is 19.8 Å². The molecule has 12 atom stereocenters. The van der Waals surface area contributed by atoms with Gasteiger partial charge in [-0.15, -0.1) is 0 Å². The molecule has 2 aliphatic rings. The second-order valence-corrected chi connectivity index (χ2v) is 22.5. The topological polar surface area (TPSA) is 228 Å². The van der Waals surface area contributed by atoms with Crippen molar-refractivity contribution in [1.29, 1.82) is 0 Å². The highest BCUT2D eigenvalue weighted by atomic mass is 16.7. The summed E-state index contributed by atoms with van der Waals surface area (Å²) in [5.41, 5.74) is 0. The fraction of sp³-hybridized carbons (Fsp3) is 0.919. The molecule has 2 aliphatic heterocycles. The molecule has 14 nitrogen and oxygen atoms in total. The zero-order chi connectivity index (χ0) is 55.3. The molecule has 2 fully saturated rings. The van der Waals surface area contributed by atoms with Gasteiger partial charge in [-0.1, -0.05) is 244 Å². The number of carbonyl (C=O) groups is 1. The predicted octanol–water partition coefficient (Wildman–Crippen LogP) is 11.2. The van der Waals surface area contributed by atoms with Crippen molar-refractivity contribution in [2.24, 2.45) is 0 Å². The molecule has 2 saturated heterocycles. The summed E-state index contributed by atoms with van der Waals surface area (Å²) in [7, 11) is 0. The van der Waals surface area contributed by atoms with Gasteiger partial charge in [0.2, 0.25) is 5.91 Å². The van der Waals surface area contributed by atoms with Gasteiger partial charge in [0.25, 0.3) is 0 Å². The van der Waals surface area contributed by atoms with Crippen LogP contribution in [-0.4, -0.2) is 140 Å². The summed E-state index contributed by atoms with van der Waals surface area (Å²) in [4.78, 5) is 13.3. The number of unbranched alkanes of at least 4 members (excludes halogenated alkanes) is 34. The normalized spacial score (nSPS) is 25.0. The van der Waals surface area contributed by atoms with Crippen LogP contribution in [0.1, 0.15) is 271 Å². The first-order chi connectivity index (χ1) is 37.1. The first kappa shape index (κ1) is 70.6. The van der Waals surface area contributed by atoms with Gasteiger partial charge in [-0.25, -0.2) is 0 Å². The summed E-state index contributed by atoms with van der Waals surface area (Å²) >= 11 is 0. The van der Waals surface area contributed by atoms with Gasteiger partial charge in [-0.3, -0.25) is 4.79 Å². The van der Waals surface area contributed by atoms with E-state index >= 15 is 0 Å². The highest BCUT2D eigenvalue weighted by Gasteiger charge is 2.51. The minimum atomic E-state index is -1.78. The van der Waals surface area contributed by atoms with Crippen molar-refractivity contribution >= 4 is 5.91 Å². The van der Waals surface area contributed by atoms with E-state index in [1.165, 1.54) is 180 Å². The Kier molecular flexibility index (Phi) is 44.8. The smallest absolute Gasteiger partial charge is 0.220 e. The molecule has 448 valence electrons. The second-order valence-electron chi connectivity index (χ2n) is 22.5. The van der Waals surface area contributed by atoms with E-state index in [9.17, 15) is 45.6 Å². The van der Waals surface area contributed by atoms with Crippen molar-refractivity contribution in [3.63, 3.8) is 0 Å². The molecule has 12 unspecified atom stereocenters. The summed E-state index contributed by atoms with van der Waals surface area (Å²) < 4.78 is 22.9. The number of amides is 1. The molecule has 0 bridgehead atoms. The fourth-order valence-corrected chi connectivity index (χ4v) is 10.6. The van der Waals surface area contributed by atoms with Crippen molar-refractivity contribution in [2.45, 2.75) is 344 Å². The van der Waals surface area contributed by atoms with Crippen LogP contribution in [-0.2, 0) is 23.7 Å². The van der Waals surface area contributed by atoms with Gasteiger partial charge in [-0.2, -0.15) is 0 Å². The van der Waals surface area contributed by atoms with Crippen LogP contribution in [0.2, 0.25) is 0 Å². The van der Waals surface area contributed by atoms with E-state index in [0.29, 0.717) is 19.3 Å². The van der Waals surface area contributed by atoms with Crippen LogP contribution >= 0.6 is 0 Å². The molecular formula is C62H117NO13. The Morgan fingerprint density at radius 2 is 0.868 bits per heavy atom. The van der Waals surface area contributed by atoms with Gasteiger partial charge in [-0.05, 0) is 44.9 Å². The van der Waals surface area contributed by atoms with Gasteiger partial charge in [0.05, 0.1) is 32.0 Å². The molecule has 1 amide bonds. The molecule has 0 saturated carbocycles. The zero-order valence-electron chi connectivity index (χ0n) is 48.3. The minimum absolute atomic E-state index is 0.211. The number of aliphatic hydroxyl groups excluding tert-OH is 8. The van der Waals surface area contributed by atoms with E-state index in [1.807, 2.05) is 0 Å². The van der Waals surface area contributed by atoms with E-state index in [-0.39, 0.29) is 12.5 Å². The Morgan fingerprint density at radius 1 is 0.474 bits per heavy atom. The molecule has 0 aliphatic carbocycles. The predicted molar refractivity (Wildman–Crippen MR) is 305 cm³/mol. The van der Waals surface area contributed by atoms with Gasteiger partial charge in [0.15, 0.2) is 12.6 Å². The Labute approximate surface area is 462 Å². The molecule has 0 aromatic carbocycles. The maximum atomic E-state index is 13.3. The molecule has 0 aromatic rings. The van der Waals surface area contributed by atoms with Crippen molar-refractivity contribution < 1.29 is 64.6 Å². The number of hydrogen-bond acceptors (Lipinski definition) is 13. The number of ether oxygens (including phenoxy) is 4. The van der Waals surface area contributed by atoms with Gasteiger partial charge < -0.3 is 65.1 Å². The van der Waals surface area contributed by atoms with Crippen LogP contribution in [0.25, 0.3) is 0 Å². The van der Waals surface area contributed by atoms with Crippen LogP contribution in [0.5, 0.6) is 0 Å². The third-order valence-corrected chi connectivity index (χ3v) is 15.7. The SMILES string of the molecule is CCCCCC/C=C\C/C=C\CCCCCCCCCC(=O)NC(COC1OC(CO)C(OC2OC(CO)C(O)C(O)C2O)C(O)C1O)C(O)CCCCCCCCCCCCCCCCCCCCCCCCCC. The number of rotatable bonds is 51. The standard InChI is InChI=1S/C62H117NO13/c1-3-5-7-9-11-13-15-17-19-21-23-24-25-26-27-28-29-31-33-35-37-39-41-43-45-51(66)50(63-54(67)46-44-42-40-38-36-34-32-30-22-20-18-16-14-12-10-8-6-4-2)49-73-61-59(72)57(70)60(53(48-65)75-61)76-62-58(71)56(69)55(68)52(47-64)74-62/h14,16,20,22,50-53,55-62,64-66,68-72H,3-13,15,17-19,21,23-49H2,1-2H3,(H,63,67)/b16-14-,22-20-. The molecule has 0 aromatic heterocycles. The number of allylic oxidation sites excluding steroid dienone is 4. The quantitative estimate of drug-likeness (QED) is 0.0204. The second kappa shape index (κ2) is 48.2. The van der Waals surface area contributed by atoms with Gasteiger partial charge >= 0.3 is 0 Å². The summed E-state index contributed by atoms with van der Waals surface area (Å²) in [6, 6.07) is -0.832. The van der Waals surface area contributed by atoms with Crippen LogP contribution in [0, 0.1) is 0 Å². The fourth-order valence-electron chi connectivity index (χ4n) is 10.6. The molecule has 9 N–H and O–H groups in total. The van der Waals surface area contributed by atoms with E-state index in [2.05, 4.69) is 43.5 Å². The Morgan fingerprint density at radius 3 is 1.33 bits per heavy atom. The van der Waals surface area contributed by atoms with Crippen LogP contribution in [0.15, 0.2) is 24.3 Å². The lowest BCUT2D eigenvalue weighted by Crippen LogP contribution is -2.65. The summed E-state index contributed by atoms with van der Waals surface area (Å²) in [5.74, 6) is -0.211. The summed E-state index contributed by atoms with van der Waals surface area (Å²) in [6.45, 7) is 2.87. The zero-order valence-corrected chi connectivity index (χ0v) is 48.3. The van der Waals surface area contributed by atoms with Gasteiger partial charge in [0.1, 0.15) is 48.8 Å². The monoisotopic (exact) mass is 1080 g/mol. The van der Waals surface area contributed by atoms with Crippen molar-refractivity contribution in [3.05, 3.63) is 24.3 Å². The minimum Gasteiger partial charge on any atom is -0.394 e. The largest absolute Gasteiger partial charge is 0.394 e.